The maximum absolute atomic E-state index is 11.6. The molecule has 0 atom stereocenters. The maximum atomic E-state index is 11.6. The predicted octanol–water partition coefficient (Wildman–Crippen LogP) is 0.940. The number of rotatable bonds is 4. The lowest BCUT2D eigenvalue weighted by molar-refractivity contribution is -0.134. The molecule has 1 aromatic rings. The van der Waals surface area contributed by atoms with Crippen molar-refractivity contribution in [3.63, 3.8) is 0 Å². The lowest BCUT2D eigenvalue weighted by Crippen LogP contribution is -2.36. The summed E-state index contributed by atoms with van der Waals surface area (Å²) in [5.74, 6) is -0.0681. The zero-order valence-electron chi connectivity index (χ0n) is 10.3. The van der Waals surface area contributed by atoms with E-state index < -0.39 is 6.09 Å². The van der Waals surface area contributed by atoms with Gasteiger partial charge in [-0.15, -0.1) is 11.3 Å². The highest BCUT2D eigenvalue weighted by Crippen LogP contribution is 2.10. The number of aromatic nitrogens is 1. The molecule has 2 amide bonds. The molecule has 104 valence electrons. The fourth-order valence-electron chi connectivity index (χ4n) is 1.63. The van der Waals surface area contributed by atoms with Gasteiger partial charge >= 0.3 is 6.09 Å². The van der Waals surface area contributed by atoms with E-state index in [-0.39, 0.29) is 19.1 Å². The lowest BCUT2D eigenvalue weighted by atomic mass is 10.4. The van der Waals surface area contributed by atoms with E-state index in [0.29, 0.717) is 24.8 Å². The normalized spacial score (nSPS) is 16.0. The third-order valence-corrected chi connectivity index (χ3v) is 3.22. The topological polar surface area (TPSA) is 80.8 Å². The summed E-state index contributed by atoms with van der Waals surface area (Å²) in [5.41, 5.74) is 0. The second-order valence-electron chi connectivity index (χ2n) is 3.89. The molecule has 1 aliphatic heterocycles. The summed E-state index contributed by atoms with van der Waals surface area (Å²) >= 11 is 1.31. The van der Waals surface area contributed by atoms with Crippen LogP contribution in [0.2, 0.25) is 0 Å². The number of thiazole rings is 1. The average molecular weight is 285 g/mol. The highest BCUT2D eigenvalue weighted by atomic mass is 32.1. The summed E-state index contributed by atoms with van der Waals surface area (Å²) < 4.78 is 10.1. The van der Waals surface area contributed by atoms with Gasteiger partial charge in [-0.2, -0.15) is 0 Å². The number of carbonyl (C=O) groups excluding carboxylic acids is 2. The highest BCUT2D eigenvalue weighted by Gasteiger charge is 2.17. The Hall–Kier alpha value is -1.67. The van der Waals surface area contributed by atoms with Gasteiger partial charge < -0.3 is 14.4 Å². The van der Waals surface area contributed by atoms with Crippen molar-refractivity contribution in [2.24, 2.45) is 0 Å². The lowest BCUT2D eigenvalue weighted by Gasteiger charge is -2.19. The van der Waals surface area contributed by atoms with Crippen molar-refractivity contribution in [2.45, 2.75) is 6.42 Å². The van der Waals surface area contributed by atoms with Crippen molar-refractivity contribution < 1.29 is 19.1 Å². The number of ether oxygens (including phenoxy) is 2. The fraction of sp³-hybridized carbons (Fsp3) is 0.545. The largest absolute Gasteiger partial charge is 0.447 e. The van der Waals surface area contributed by atoms with Crippen molar-refractivity contribution >= 4 is 28.5 Å². The van der Waals surface area contributed by atoms with Gasteiger partial charge in [-0.1, -0.05) is 0 Å². The molecule has 1 aliphatic rings. The summed E-state index contributed by atoms with van der Waals surface area (Å²) in [4.78, 5) is 28.5. The van der Waals surface area contributed by atoms with Crippen LogP contribution in [0.25, 0.3) is 0 Å². The summed E-state index contributed by atoms with van der Waals surface area (Å²) in [6, 6.07) is 0. The van der Waals surface area contributed by atoms with Crippen LogP contribution in [0.1, 0.15) is 6.42 Å². The van der Waals surface area contributed by atoms with Gasteiger partial charge in [0.25, 0.3) is 0 Å². The van der Waals surface area contributed by atoms with Crippen LogP contribution in [-0.2, 0) is 14.3 Å². The number of carbonyl (C=O) groups is 2. The second kappa shape index (κ2) is 7.05. The van der Waals surface area contributed by atoms with Gasteiger partial charge in [0.2, 0.25) is 5.91 Å². The minimum Gasteiger partial charge on any atom is -0.447 e. The van der Waals surface area contributed by atoms with E-state index in [2.05, 4.69) is 10.3 Å². The quantitative estimate of drug-likeness (QED) is 0.890. The molecule has 2 heterocycles. The van der Waals surface area contributed by atoms with Crippen LogP contribution in [0, 0.1) is 0 Å². The summed E-state index contributed by atoms with van der Waals surface area (Å²) in [6.07, 6.45) is 1.83. The Morgan fingerprint density at radius 3 is 3.32 bits per heavy atom. The Kier molecular flexibility index (Phi) is 5.10. The number of amides is 2. The molecular formula is C11H15N3O4S. The molecule has 19 heavy (non-hydrogen) atoms. The maximum Gasteiger partial charge on any atom is 0.413 e. The smallest absolute Gasteiger partial charge is 0.413 e. The van der Waals surface area contributed by atoms with Crippen molar-refractivity contribution in [1.29, 1.82) is 0 Å². The van der Waals surface area contributed by atoms with Crippen LogP contribution >= 0.6 is 11.3 Å². The van der Waals surface area contributed by atoms with Crippen molar-refractivity contribution in [3.8, 4) is 0 Å². The minimum atomic E-state index is -0.562. The third-order valence-electron chi connectivity index (χ3n) is 2.53. The van der Waals surface area contributed by atoms with Crippen molar-refractivity contribution in [1.82, 2.24) is 9.88 Å². The zero-order chi connectivity index (χ0) is 13.5. The molecule has 0 spiro atoms. The van der Waals surface area contributed by atoms with Crippen LogP contribution in [-0.4, -0.2) is 54.8 Å². The first-order valence-electron chi connectivity index (χ1n) is 5.94. The van der Waals surface area contributed by atoms with E-state index >= 15 is 0 Å². The van der Waals surface area contributed by atoms with Crippen molar-refractivity contribution in [3.05, 3.63) is 11.6 Å². The van der Waals surface area contributed by atoms with Crippen LogP contribution in [0.5, 0.6) is 0 Å². The number of nitrogens with one attached hydrogen (secondary N) is 1. The van der Waals surface area contributed by atoms with E-state index in [1.54, 1.807) is 16.5 Å². The van der Waals surface area contributed by atoms with E-state index in [1.807, 2.05) is 0 Å². The molecule has 0 bridgehead atoms. The Balaban J connectivity index is 1.67. The first kappa shape index (κ1) is 13.8. The third kappa shape index (κ3) is 4.49. The molecule has 0 aromatic carbocycles. The van der Waals surface area contributed by atoms with E-state index in [0.717, 1.165) is 6.42 Å². The van der Waals surface area contributed by atoms with E-state index in [9.17, 15) is 9.59 Å². The minimum absolute atomic E-state index is 0.0681. The van der Waals surface area contributed by atoms with Gasteiger partial charge in [-0.05, 0) is 6.42 Å². The van der Waals surface area contributed by atoms with Gasteiger partial charge in [0.15, 0.2) is 5.13 Å². The van der Waals surface area contributed by atoms with Gasteiger partial charge in [0, 0.05) is 24.7 Å². The predicted molar refractivity (Wildman–Crippen MR) is 69.1 cm³/mol. The first-order chi connectivity index (χ1) is 9.25. The fourth-order valence-corrected chi connectivity index (χ4v) is 2.14. The van der Waals surface area contributed by atoms with Gasteiger partial charge in [0.1, 0.15) is 13.2 Å². The molecule has 0 saturated carbocycles. The SMILES string of the molecule is O=C(Nc1nccs1)OCCN1CCCOCC1=O. The molecular weight excluding hydrogens is 270 g/mol. The molecule has 7 nitrogen and oxygen atoms in total. The Morgan fingerprint density at radius 2 is 2.53 bits per heavy atom. The average Bonchev–Trinajstić information content (AvgIpc) is 2.80. The number of hydrogen-bond acceptors (Lipinski definition) is 6. The van der Waals surface area contributed by atoms with E-state index in [4.69, 9.17) is 9.47 Å². The Bertz CT molecular complexity index is 424. The molecule has 1 aromatic heterocycles. The standard InChI is InChI=1S/C11H15N3O4S/c15-9-8-17-5-1-3-14(9)4-6-18-11(16)13-10-12-2-7-19-10/h2,7H,1,3-6,8H2,(H,12,13,16). The van der Waals surface area contributed by atoms with Gasteiger partial charge in [-0.25, -0.2) is 9.78 Å². The van der Waals surface area contributed by atoms with Crippen LogP contribution in [0.4, 0.5) is 9.93 Å². The number of nitrogens with zero attached hydrogens (tertiary/aromatic N) is 2. The van der Waals surface area contributed by atoms with Crippen LogP contribution in [0.3, 0.4) is 0 Å². The second-order valence-corrected chi connectivity index (χ2v) is 4.78. The number of anilines is 1. The van der Waals surface area contributed by atoms with Gasteiger partial charge in [-0.3, -0.25) is 10.1 Å². The molecule has 0 radical (unpaired) electrons. The monoisotopic (exact) mass is 285 g/mol. The van der Waals surface area contributed by atoms with Crippen molar-refractivity contribution in [2.75, 3.05) is 38.2 Å². The summed E-state index contributed by atoms with van der Waals surface area (Å²) in [5, 5.41) is 4.75. The van der Waals surface area contributed by atoms with E-state index in [1.165, 1.54) is 11.3 Å². The molecule has 0 unspecified atom stereocenters. The van der Waals surface area contributed by atoms with Crippen LogP contribution in [0.15, 0.2) is 11.6 Å². The molecule has 2 rings (SSSR count). The molecule has 1 saturated heterocycles. The number of hydrogen-bond donors (Lipinski definition) is 1. The first-order valence-corrected chi connectivity index (χ1v) is 6.82. The Morgan fingerprint density at radius 1 is 1.63 bits per heavy atom. The Labute approximate surface area is 114 Å². The molecule has 1 fully saturated rings. The van der Waals surface area contributed by atoms with Gasteiger partial charge in [0.05, 0.1) is 6.54 Å². The molecule has 1 N–H and O–H groups in total. The molecule has 8 heteroatoms. The highest BCUT2D eigenvalue weighted by molar-refractivity contribution is 7.13. The summed E-state index contributed by atoms with van der Waals surface area (Å²) in [6.45, 7) is 1.87. The van der Waals surface area contributed by atoms with Crippen LogP contribution < -0.4 is 5.32 Å². The molecule has 0 aliphatic carbocycles. The summed E-state index contributed by atoms with van der Waals surface area (Å²) in [7, 11) is 0. The zero-order valence-corrected chi connectivity index (χ0v) is 11.1.